The molecule has 7 aromatic carbocycles. The smallest absolute Gasteiger partial charge is 0.302 e. The molecule has 7 aromatic rings. The Balaban J connectivity index is 0.000000257. The van der Waals surface area contributed by atoms with Gasteiger partial charge in [-0.3, -0.25) is 9.59 Å². The maximum absolute atomic E-state index is 15.2. The summed E-state index contributed by atoms with van der Waals surface area (Å²) in [5.41, 5.74) is -0.0887. The minimum absolute atomic E-state index is 0.0729. The predicted octanol–water partition coefficient (Wildman–Crippen LogP) is 11.1. The molecule has 50 heavy (non-hydrogen) atoms. The molecule has 0 aliphatic heterocycles. The molecule has 0 spiro atoms. The molecule has 0 N–H and O–H groups in total. The predicted molar refractivity (Wildman–Crippen MR) is 209 cm³/mol. The van der Waals surface area contributed by atoms with Crippen molar-refractivity contribution in [3.63, 3.8) is 0 Å². The lowest BCUT2D eigenvalue weighted by molar-refractivity contribution is 0.104. The van der Waals surface area contributed by atoms with Crippen LogP contribution in [0.5, 0.6) is 0 Å². The van der Waals surface area contributed by atoms with Crippen LogP contribution in [-0.4, -0.2) is 11.0 Å². The summed E-state index contributed by atoms with van der Waals surface area (Å²) in [6.07, 6.45) is 0. The van der Waals surface area contributed by atoms with E-state index in [1.165, 1.54) is 0 Å². The molecule has 0 heterocycles. The van der Waals surface area contributed by atoms with E-state index in [1.807, 2.05) is 97.9 Å². The van der Waals surface area contributed by atoms with E-state index in [0.29, 0.717) is 16.3 Å². The van der Waals surface area contributed by atoms with Gasteiger partial charge in [-0.2, -0.15) is 0 Å². The standard InChI is InChI=1S/C30H21Cl2O3P.C12H10OP/c1-18-11-12-19(2)26(17-18)36(35,29(33)27-22-9-5-3-7-20(22)13-15-24(27)31)30(34)28-23-10-6-4-8-21(23)14-16-25(28)32;13-14(11-7-3-1-4-8-11)12-9-5-2-6-10-12/h3-17H,1-2H3;1-10H/q;+1. The van der Waals surface area contributed by atoms with Crippen LogP contribution in [-0.2, 0) is 9.13 Å². The third-order valence-corrected chi connectivity index (χ3v) is 13.4. The van der Waals surface area contributed by atoms with E-state index in [-0.39, 0.29) is 26.5 Å². The molecule has 8 heteroatoms. The molecule has 0 amide bonds. The summed E-state index contributed by atoms with van der Waals surface area (Å²) in [4.78, 5) is 28.8. The fourth-order valence-corrected chi connectivity index (χ4v) is 10.4. The Morgan fingerprint density at radius 1 is 0.540 bits per heavy atom. The Morgan fingerprint density at radius 3 is 1.42 bits per heavy atom. The molecule has 0 aliphatic carbocycles. The first-order valence-electron chi connectivity index (χ1n) is 15.8. The number of benzene rings is 7. The van der Waals surface area contributed by atoms with Crippen molar-refractivity contribution < 1.29 is 18.7 Å². The van der Waals surface area contributed by atoms with Crippen molar-refractivity contribution in [2.75, 3.05) is 0 Å². The highest BCUT2D eigenvalue weighted by Crippen LogP contribution is 2.55. The largest absolute Gasteiger partial charge is 0.415 e. The third-order valence-electron chi connectivity index (χ3n) is 8.44. The number of carbonyl (C=O) groups is 2. The topological polar surface area (TPSA) is 68.3 Å². The highest BCUT2D eigenvalue weighted by molar-refractivity contribution is 8.01. The molecule has 0 bridgehead atoms. The molecule has 0 saturated heterocycles. The zero-order valence-electron chi connectivity index (χ0n) is 27.2. The minimum Gasteiger partial charge on any atom is -0.302 e. The number of aryl methyl sites for hydroxylation is 2. The van der Waals surface area contributed by atoms with E-state index >= 15 is 4.57 Å². The lowest BCUT2D eigenvalue weighted by Gasteiger charge is -2.21. The highest BCUT2D eigenvalue weighted by Gasteiger charge is 2.46. The van der Waals surface area contributed by atoms with Crippen molar-refractivity contribution in [1.29, 1.82) is 0 Å². The van der Waals surface area contributed by atoms with E-state index in [9.17, 15) is 14.2 Å². The van der Waals surface area contributed by atoms with Gasteiger partial charge in [-0.05, 0) is 83.4 Å². The van der Waals surface area contributed by atoms with Crippen LogP contribution in [0.4, 0.5) is 0 Å². The van der Waals surface area contributed by atoms with E-state index in [1.54, 1.807) is 67.6 Å². The van der Waals surface area contributed by atoms with Gasteiger partial charge in [-0.15, -0.1) is 0 Å². The fourth-order valence-electron chi connectivity index (χ4n) is 5.89. The summed E-state index contributed by atoms with van der Waals surface area (Å²) in [6, 6.07) is 45.6. The van der Waals surface area contributed by atoms with Gasteiger partial charge in [0.15, 0.2) is 10.6 Å². The van der Waals surface area contributed by atoms with Crippen molar-refractivity contribution >= 4 is 86.7 Å². The lowest BCUT2D eigenvalue weighted by Crippen LogP contribution is -2.23. The maximum Gasteiger partial charge on any atom is 0.415 e. The molecule has 0 saturated carbocycles. The molecule has 0 aliphatic rings. The molecular weight excluding hydrogens is 701 g/mol. The summed E-state index contributed by atoms with van der Waals surface area (Å²) >= 11 is 13.1. The molecule has 246 valence electrons. The van der Waals surface area contributed by atoms with E-state index in [4.69, 9.17) is 23.2 Å². The van der Waals surface area contributed by atoms with Gasteiger partial charge in [0, 0.05) is 5.30 Å². The first-order chi connectivity index (χ1) is 24.1. The zero-order valence-corrected chi connectivity index (χ0v) is 30.5. The Bertz CT molecular complexity index is 2320. The average molecular weight is 733 g/mol. The van der Waals surface area contributed by atoms with Gasteiger partial charge in [0.25, 0.3) is 0 Å². The Morgan fingerprint density at radius 2 is 0.960 bits per heavy atom. The van der Waals surface area contributed by atoms with Crippen molar-refractivity contribution in [1.82, 2.24) is 0 Å². The van der Waals surface area contributed by atoms with Crippen molar-refractivity contribution in [2.45, 2.75) is 13.8 Å². The van der Waals surface area contributed by atoms with Gasteiger partial charge in [-0.1, -0.05) is 143 Å². The van der Waals surface area contributed by atoms with Crippen LogP contribution in [0.15, 0.2) is 152 Å². The van der Waals surface area contributed by atoms with Gasteiger partial charge < -0.3 is 4.57 Å². The van der Waals surface area contributed by atoms with Gasteiger partial charge in [-0.25, -0.2) is 0 Å². The normalized spacial score (nSPS) is 11.1. The highest BCUT2D eigenvalue weighted by atomic mass is 35.5. The Hall–Kier alpha value is -4.69. The van der Waals surface area contributed by atoms with Gasteiger partial charge in [0.2, 0.25) is 18.2 Å². The first-order valence-corrected chi connectivity index (χ1v) is 19.5. The van der Waals surface area contributed by atoms with Gasteiger partial charge >= 0.3 is 7.80 Å². The molecule has 0 aromatic heterocycles. The summed E-state index contributed by atoms with van der Waals surface area (Å²) in [7, 11) is -5.89. The zero-order chi connectivity index (χ0) is 35.4. The summed E-state index contributed by atoms with van der Waals surface area (Å²) in [5, 5.41) is 4.84. The van der Waals surface area contributed by atoms with Crippen LogP contribution in [0.1, 0.15) is 31.8 Å². The second-order valence-electron chi connectivity index (χ2n) is 11.8. The molecule has 4 nitrogen and oxygen atoms in total. The number of hydrogen-bond acceptors (Lipinski definition) is 4. The molecule has 7 rings (SSSR count). The first kappa shape index (κ1) is 35.1. The van der Waals surface area contributed by atoms with Gasteiger partial charge in [0.05, 0.1) is 21.2 Å². The summed E-state index contributed by atoms with van der Waals surface area (Å²) in [5.74, 6) is 0. The van der Waals surface area contributed by atoms with Crippen molar-refractivity contribution in [3.05, 3.63) is 184 Å². The van der Waals surface area contributed by atoms with Crippen LogP contribution in [0.3, 0.4) is 0 Å². The Kier molecular flexibility index (Phi) is 10.6. The van der Waals surface area contributed by atoms with E-state index < -0.39 is 26.0 Å². The van der Waals surface area contributed by atoms with Gasteiger partial charge in [0.1, 0.15) is 0 Å². The summed E-state index contributed by atoms with van der Waals surface area (Å²) in [6.45, 7) is 3.58. The fraction of sp³-hybridized carbons (Fsp3) is 0.0476. The average Bonchev–Trinajstić information content (AvgIpc) is 3.15. The second-order valence-corrected chi connectivity index (χ2v) is 16.7. The van der Waals surface area contributed by atoms with Crippen LogP contribution in [0.2, 0.25) is 10.0 Å². The van der Waals surface area contributed by atoms with E-state index in [0.717, 1.165) is 26.9 Å². The van der Waals surface area contributed by atoms with Crippen molar-refractivity contribution in [3.8, 4) is 0 Å². The SMILES string of the molecule is Cc1ccc(C)c(P(=O)(C(=O)c2c(Cl)ccc3ccccc23)C(=O)c2c(Cl)ccc3ccccc23)c1.O=[P+](c1ccccc1)c1ccccc1. The molecule has 0 radical (unpaired) electrons. The number of carbonyl (C=O) groups excluding carboxylic acids is 2. The maximum atomic E-state index is 15.2. The molecule has 0 unspecified atom stereocenters. The third kappa shape index (κ3) is 6.86. The number of fused-ring (bicyclic) bond motifs is 2. The second kappa shape index (κ2) is 15.1. The molecule has 0 atom stereocenters. The van der Waals surface area contributed by atoms with Crippen LogP contribution >= 0.6 is 38.1 Å². The van der Waals surface area contributed by atoms with E-state index in [2.05, 4.69) is 0 Å². The van der Waals surface area contributed by atoms with Crippen LogP contribution in [0.25, 0.3) is 21.5 Å². The minimum atomic E-state index is -4.47. The monoisotopic (exact) mass is 731 g/mol. The molecule has 0 fully saturated rings. The number of rotatable bonds is 7. The van der Waals surface area contributed by atoms with Crippen LogP contribution in [0, 0.1) is 13.8 Å². The lowest BCUT2D eigenvalue weighted by atomic mass is 10.1. The molecular formula is C42H31Cl2O4P2+. The number of halogens is 2. The number of hydrogen-bond donors (Lipinski definition) is 0. The summed E-state index contributed by atoms with van der Waals surface area (Å²) < 4.78 is 27.2. The Labute approximate surface area is 301 Å². The quantitative estimate of drug-likeness (QED) is 0.153. The van der Waals surface area contributed by atoms with Crippen LogP contribution < -0.4 is 15.9 Å². The van der Waals surface area contributed by atoms with Crippen molar-refractivity contribution in [2.24, 2.45) is 0 Å².